The van der Waals surface area contributed by atoms with Gasteiger partial charge in [0.05, 0.1) is 30.5 Å². The van der Waals surface area contributed by atoms with Gasteiger partial charge in [-0.25, -0.2) is 9.78 Å². The molecule has 1 aliphatic heterocycles. The summed E-state index contributed by atoms with van der Waals surface area (Å²) in [5, 5.41) is 13.4. The zero-order chi connectivity index (χ0) is 22.1. The van der Waals surface area contributed by atoms with Crippen LogP contribution >= 0.6 is 0 Å². The molecule has 1 fully saturated rings. The first-order chi connectivity index (χ1) is 15.6. The van der Waals surface area contributed by atoms with E-state index >= 15 is 0 Å². The van der Waals surface area contributed by atoms with E-state index in [9.17, 15) is 14.7 Å². The molecule has 8 nitrogen and oxygen atoms in total. The molecule has 0 amide bonds. The number of carbonyl (C=O) groups is 1. The topological polar surface area (TPSA) is 96.7 Å². The second-order valence-corrected chi connectivity index (χ2v) is 8.44. The van der Waals surface area contributed by atoms with Gasteiger partial charge >= 0.3 is 5.97 Å². The molecule has 1 aromatic carbocycles. The van der Waals surface area contributed by atoms with Crippen LogP contribution in [0.2, 0.25) is 0 Å². The highest BCUT2D eigenvalue weighted by Crippen LogP contribution is 2.25. The highest BCUT2D eigenvalue weighted by Gasteiger charge is 2.22. The number of carboxylic acid groups (broad SMARTS) is 1. The number of carboxylic acids is 1. The van der Waals surface area contributed by atoms with Crippen molar-refractivity contribution in [3.63, 3.8) is 0 Å². The predicted molar refractivity (Wildman–Crippen MR) is 121 cm³/mol. The summed E-state index contributed by atoms with van der Waals surface area (Å²) in [6.07, 6.45) is 4.97. The van der Waals surface area contributed by atoms with Gasteiger partial charge in [-0.3, -0.25) is 9.69 Å². The fourth-order valence-corrected chi connectivity index (χ4v) is 4.65. The summed E-state index contributed by atoms with van der Waals surface area (Å²) in [4.78, 5) is 31.5. The number of morpholine rings is 1. The van der Waals surface area contributed by atoms with E-state index in [0.717, 1.165) is 38.2 Å². The molecule has 5 rings (SSSR count). The molecule has 0 bridgehead atoms. The van der Waals surface area contributed by atoms with Crippen LogP contribution in [-0.4, -0.2) is 64.4 Å². The largest absolute Gasteiger partial charge is 0.477 e. The Balaban J connectivity index is 1.43. The molecule has 3 heterocycles. The number of fused-ring (bicyclic) bond motifs is 2. The second kappa shape index (κ2) is 8.72. The summed E-state index contributed by atoms with van der Waals surface area (Å²) < 4.78 is 7.17. The molecular weight excluding hydrogens is 408 g/mol. The quantitative estimate of drug-likeness (QED) is 0.613. The molecule has 2 N–H and O–H groups in total. The maximum absolute atomic E-state index is 12.9. The summed E-state index contributed by atoms with van der Waals surface area (Å²) in [5.41, 5.74) is 3.17. The molecule has 3 aromatic rings. The fourth-order valence-electron chi connectivity index (χ4n) is 4.65. The molecule has 8 heteroatoms. The summed E-state index contributed by atoms with van der Waals surface area (Å²) >= 11 is 0. The van der Waals surface area contributed by atoms with E-state index < -0.39 is 11.4 Å². The van der Waals surface area contributed by atoms with Crippen molar-refractivity contribution in [2.75, 3.05) is 38.2 Å². The molecule has 166 valence electrons. The Bertz CT molecular complexity index is 1190. The molecular formula is C24H26N4O4. The number of ether oxygens (including phenoxy) is 1. The van der Waals surface area contributed by atoms with E-state index in [1.807, 2.05) is 12.1 Å². The van der Waals surface area contributed by atoms with Crippen LogP contribution in [0.4, 0.5) is 5.69 Å². The van der Waals surface area contributed by atoms with Gasteiger partial charge < -0.3 is 19.7 Å². The number of hydrogen-bond acceptors (Lipinski definition) is 6. The van der Waals surface area contributed by atoms with Gasteiger partial charge in [-0.15, -0.1) is 0 Å². The lowest BCUT2D eigenvalue weighted by Crippen LogP contribution is -2.38. The van der Waals surface area contributed by atoms with E-state index in [0.29, 0.717) is 30.8 Å². The van der Waals surface area contributed by atoms with Gasteiger partial charge in [-0.1, -0.05) is 24.3 Å². The normalized spacial score (nSPS) is 16.9. The molecule has 2 aliphatic rings. The van der Waals surface area contributed by atoms with Crippen molar-refractivity contribution < 1.29 is 14.6 Å². The SMILES string of the molecule is O=C(O)c1cn(CCN2CCOCC2)c2ncc(NC3Cc4ccccc4C3)cc2c1=O. The Morgan fingerprint density at radius 3 is 2.56 bits per heavy atom. The highest BCUT2D eigenvalue weighted by molar-refractivity contribution is 5.92. The summed E-state index contributed by atoms with van der Waals surface area (Å²) in [7, 11) is 0. The maximum atomic E-state index is 12.9. The molecule has 2 aromatic heterocycles. The Morgan fingerprint density at radius 1 is 1.16 bits per heavy atom. The zero-order valence-corrected chi connectivity index (χ0v) is 17.8. The van der Waals surface area contributed by atoms with Crippen molar-refractivity contribution in [2.45, 2.75) is 25.4 Å². The average molecular weight is 434 g/mol. The van der Waals surface area contributed by atoms with Crippen molar-refractivity contribution in [3.05, 3.63) is 69.6 Å². The van der Waals surface area contributed by atoms with Crippen LogP contribution in [0.5, 0.6) is 0 Å². The number of nitrogens with one attached hydrogen (secondary N) is 1. The van der Waals surface area contributed by atoms with Gasteiger partial charge in [-0.05, 0) is 30.0 Å². The lowest BCUT2D eigenvalue weighted by molar-refractivity contribution is 0.0365. The number of rotatable bonds is 6. The van der Waals surface area contributed by atoms with Crippen LogP contribution in [-0.2, 0) is 24.1 Å². The van der Waals surface area contributed by atoms with E-state index in [1.165, 1.54) is 17.3 Å². The maximum Gasteiger partial charge on any atom is 0.341 e. The summed E-state index contributed by atoms with van der Waals surface area (Å²) in [5.74, 6) is -1.22. The van der Waals surface area contributed by atoms with Gasteiger partial charge in [-0.2, -0.15) is 0 Å². The standard InChI is InChI=1S/C24H26N4O4/c29-22-20-13-19(26-18-11-16-3-1-2-4-17(16)12-18)14-25-23(20)28(15-21(22)24(30)31)6-5-27-7-9-32-10-8-27/h1-4,13-15,18,26H,5-12H2,(H,30,31). The lowest BCUT2D eigenvalue weighted by atomic mass is 10.1. The molecule has 0 spiro atoms. The van der Waals surface area contributed by atoms with Crippen LogP contribution < -0.4 is 10.7 Å². The van der Waals surface area contributed by atoms with Crippen molar-refractivity contribution >= 4 is 22.7 Å². The number of nitrogens with zero attached hydrogens (tertiary/aromatic N) is 3. The number of anilines is 1. The van der Waals surface area contributed by atoms with Gasteiger partial charge in [0.15, 0.2) is 0 Å². The minimum Gasteiger partial charge on any atom is -0.477 e. The number of pyridine rings is 2. The smallest absolute Gasteiger partial charge is 0.341 e. The third-order valence-electron chi connectivity index (χ3n) is 6.33. The fraction of sp³-hybridized carbons (Fsp3) is 0.375. The van der Waals surface area contributed by atoms with Crippen LogP contribution in [0.15, 0.2) is 47.5 Å². The number of aromatic carboxylic acids is 1. The van der Waals surface area contributed by atoms with Crippen molar-refractivity contribution in [1.29, 1.82) is 0 Å². The van der Waals surface area contributed by atoms with Gasteiger partial charge in [0, 0.05) is 38.4 Å². The van der Waals surface area contributed by atoms with Gasteiger partial charge in [0.2, 0.25) is 5.43 Å². The first kappa shape index (κ1) is 20.7. The van der Waals surface area contributed by atoms with E-state index in [-0.39, 0.29) is 11.6 Å². The third kappa shape index (κ3) is 4.11. The number of aromatic nitrogens is 2. The number of hydrogen-bond donors (Lipinski definition) is 2. The second-order valence-electron chi connectivity index (χ2n) is 8.44. The summed E-state index contributed by atoms with van der Waals surface area (Å²) in [6, 6.07) is 10.3. The van der Waals surface area contributed by atoms with Crippen LogP contribution in [0, 0.1) is 0 Å². The number of benzene rings is 1. The Kier molecular flexibility index (Phi) is 5.63. The molecule has 0 saturated carbocycles. The Hall–Kier alpha value is -3.23. The zero-order valence-electron chi connectivity index (χ0n) is 17.8. The van der Waals surface area contributed by atoms with Gasteiger partial charge in [0.1, 0.15) is 11.2 Å². The molecule has 0 unspecified atom stereocenters. The van der Waals surface area contributed by atoms with Crippen LogP contribution in [0.3, 0.4) is 0 Å². The minimum atomic E-state index is -1.22. The Labute approximate surface area is 185 Å². The molecule has 0 atom stereocenters. The predicted octanol–water partition coefficient (Wildman–Crippen LogP) is 2.01. The van der Waals surface area contributed by atoms with Crippen molar-refractivity contribution in [3.8, 4) is 0 Å². The lowest BCUT2D eigenvalue weighted by Gasteiger charge is -2.27. The first-order valence-electron chi connectivity index (χ1n) is 11.0. The van der Waals surface area contributed by atoms with E-state index in [4.69, 9.17) is 4.74 Å². The first-order valence-corrected chi connectivity index (χ1v) is 11.0. The van der Waals surface area contributed by atoms with Crippen molar-refractivity contribution in [1.82, 2.24) is 14.5 Å². The third-order valence-corrected chi connectivity index (χ3v) is 6.33. The van der Waals surface area contributed by atoms with Crippen LogP contribution in [0.1, 0.15) is 21.5 Å². The monoisotopic (exact) mass is 434 g/mol. The molecule has 1 aliphatic carbocycles. The molecule has 0 radical (unpaired) electrons. The van der Waals surface area contributed by atoms with E-state index in [1.54, 1.807) is 16.8 Å². The molecule has 32 heavy (non-hydrogen) atoms. The van der Waals surface area contributed by atoms with Crippen LogP contribution in [0.25, 0.3) is 11.0 Å². The average Bonchev–Trinajstić information content (AvgIpc) is 3.21. The van der Waals surface area contributed by atoms with Crippen molar-refractivity contribution in [2.24, 2.45) is 0 Å². The van der Waals surface area contributed by atoms with E-state index in [2.05, 4.69) is 27.3 Å². The summed E-state index contributed by atoms with van der Waals surface area (Å²) in [6.45, 7) is 4.37. The van der Waals surface area contributed by atoms with Gasteiger partial charge in [0.25, 0.3) is 0 Å². The Morgan fingerprint density at radius 2 is 1.88 bits per heavy atom. The molecule has 1 saturated heterocycles. The highest BCUT2D eigenvalue weighted by atomic mass is 16.5. The minimum absolute atomic E-state index is 0.220.